The van der Waals surface area contributed by atoms with Gasteiger partial charge in [-0.15, -0.1) is 0 Å². The maximum Gasteiger partial charge on any atom is 0.0601 e. The number of nitrogens with zero attached hydrogens (tertiary/aromatic N) is 1. The fourth-order valence-corrected chi connectivity index (χ4v) is 2.49. The summed E-state index contributed by atoms with van der Waals surface area (Å²) in [5.74, 6) is 0. The third-order valence-electron chi connectivity index (χ3n) is 3.25. The molecule has 0 bridgehead atoms. The summed E-state index contributed by atoms with van der Waals surface area (Å²) < 4.78 is 1.01. The van der Waals surface area contributed by atoms with Crippen LogP contribution in [0.15, 0.2) is 46.9 Å². The molecule has 19 heavy (non-hydrogen) atoms. The van der Waals surface area contributed by atoms with Gasteiger partial charge in [0.15, 0.2) is 0 Å². The predicted molar refractivity (Wildman–Crippen MR) is 86.5 cm³/mol. The van der Waals surface area contributed by atoms with Gasteiger partial charge in [-0.05, 0) is 35.7 Å². The molecule has 0 aliphatic rings. The average Bonchev–Trinajstić information content (AvgIpc) is 2.39. The van der Waals surface area contributed by atoms with Crippen LogP contribution in [0.1, 0.15) is 18.1 Å². The molecule has 0 spiro atoms. The Morgan fingerprint density at radius 3 is 2.26 bits per heavy atom. The highest BCUT2D eigenvalue weighted by Crippen LogP contribution is 2.26. The van der Waals surface area contributed by atoms with Crippen LogP contribution in [0.5, 0.6) is 0 Å². The summed E-state index contributed by atoms with van der Waals surface area (Å²) >= 11 is 3.43. The van der Waals surface area contributed by atoms with E-state index in [9.17, 15) is 0 Å². The second-order valence-electron chi connectivity index (χ2n) is 4.73. The standard InChI is InChI=1S/C16H19BrN2/c1-3-12-4-6-13(7-5-12)11-19(2)16-9-8-14(17)10-15(16)18/h4-10H,3,11,18H2,1-2H3. The Labute approximate surface area is 123 Å². The highest BCUT2D eigenvalue weighted by molar-refractivity contribution is 9.10. The van der Waals surface area contributed by atoms with E-state index in [1.54, 1.807) is 0 Å². The van der Waals surface area contributed by atoms with Gasteiger partial charge in [-0.25, -0.2) is 0 Å². The summed E-state index contributed by atoms with van der Waals surface area (Å²) in [7, 11) is 2.06. The average molecular weight is 319 g/mol. The van der Waals surface area contributed by atoms with E-state index >= 15 is 0 Å². The molecule has 0 saturated carbocycles. The number of hydrogen-bond acceptors (Lipinski definition) is 2. The highest BCUT2D eigenvalue weighted by Gasteiger charge is 2.06. The summed E-state index contributed by atoms with van der Waals surface area (Å²) in [6, 6.07) is 14.7. The fourth-order valence-electron chi connectivity index (χ4n) is 2.11. The van der Waals surface area contributed by atoms with E-state index in [0.29, 0.717) is 0 Å². The van der Waals surface area contributed by atoms with Crippen molar-refractivity contribution in [1.29, 1.82) is 0 Å². The van der Waals surface area contributed by atoms with Gasteiger partial charge in [0.05, 0.1) is 11.4 Å². The molecule has 2 nitrogen and oxygen atoms in total. The number of anilines is 2. The van der Waals surface area contributed by atoms with Crippen LogP contribution in [0.3, 0.4) is 0 Å². The van der Waals surface area contributed by atoms with Crippen molar-refractivity contribution in [1.82, 2.24) is 0 Å². The molecule has 2 rings (SSSR count). The summed E-state index contributed by atoms with van der Waals surface area (Å²) in [6.45, 7) is 3.03. The molecule has 0 amide bonds. The Balaban J connectivity index is 2.13. The Morgan fingerprint density at radius 1 is 1.05 bits per heavy atom. The highest BCUT2D eigenvalue weighted by atomic mass is 79.9. The lowest BCUT2D eigenvalue weighted by atomic mass is 10.1. The molecule has 0 unspecified atom stereocenters. The van der Waals surface area contributed by atoms with Gasteiger partial charge in [0.25, 0.3) is 0 Å². The van der Waals surface area contributed by atoms with Gasteiger partial charge in [0, 0.05) is 18.1 Å². The first kappa shape index (κ1) is 13.9. The number of nitrogens with two attached hydrogens (primary N) is 1. The predicted octanol–water partition coefficient (Wildman–Crippen LogP) is 4.23. The molecule has 3 heteroatoms. The molecule has 0 fully saturated rings. The molecule has 0 atom stereocenters. The maximum atomic E-state index is 6.05. The van der Waals surface area contributed by atoms with Crippen molar-refractivity contribution in [3.05, 3.63) is 58.1 Å². The van der Waals surface area contributed by atoms with E-state index in [-0.39, 0.29) is 0 Å². The number of halogens is 1. The van der Waals surface area contributed by atoms with E-state index in [1.165, 1.54) is 11.1 Å². The minimum absolute atomic E-state index is 0.794. The van der Waals surface area contributed by atoms with E-state index in [0.717, 1.165) is 28.8 Å². The first-order chi connectivity index (χ1) is 9.10. The minimum atomic E-state index is 0.794. The summed E-state index contributed by atoms with van der Waals surface area (Å²) in [6.07, 6.45) is 1.08. The monoisotopic (exact) mass is 318 g/mol. The molecular formula is C16H19BrN2. The molecule has 2 aromatic carbocycles. The molecule has 0 heterocycles. The van der Waals surface area contributed by atoms with Crippen LogP contribution in [0.25, 0.3) is 0 Å². The number of aryl methyl sites for hydroxylation is 1. The quantitative estimate of drug-likeness (QED) is 0.855. The number of rotatable bonds is 4. The van der Waals surface area contributed by atoms with Crippen LogP contribution in [0.2, 0.25) is 0 Å². The molecule has 0 aromatic heterocycles. The SMILES string of the molecule is CCc1ccc(CN(C)c2ccc(Br)cc2N)cc1. The Kier molecular flexibility index (Phi) is 4.48. The third-order valence-corrected chi connectivity index (χ3v) is 3.75. The van der Waals surface area contributed by atoms with Crippen molar-refractivity contribution < 1.29 is 0 Å². The first-order valence-electron chi connectivity index (χ1n) is 6.44. The van der Waals surface area contributed by atoms with E-state index < -0.39 is 0 Å². The van der Waals surface area contributed by atoms with Crippen LogP contribution in [-0.2, 0) is 13.0 Å². The smallest absolute Gasteiger partial charge is 0.0601 e. The zero-order chi connectivity index (χ0) is 13.8. The summed E-state index contributed by atoms with van der Waals surface area (Å²) in [5, 5.41) is 0. The van der Waals surface area contributed by atoms with Gasteiger partial charge in [-0.2, -0.15) is 0 Å². The van der Waals surface area contributed by atoms with Crippen molar-refractivity contribution in [2.24, 2.45) is 0 Å². The zero-order valence-electron chi connectivity index (χ0n) is 11.4. The maximum absolute atomic E-state index is 6.05. The van der Waals surface area contributed by atoms with Crippen molar-refractivity contribution in [3.63, 3.8) is 0 Å². The van der Waals surface area contributed by atoms with Crippen molar-refractivity contribution in [2.45, 2.75) is 19.9 Å². The molecule has 0 radical (unpaired) electrons. The van der Waals surface area contributed by atoms with Crippen LogP contribution >= 0.6 is 15.9 Å². The van der Waals surface area contributed by atoms with Crippen LogP contribution in [0, 0.1) is 0 Å². The van der Waals surface area contributed by atoms with E-state index in [2.05, 4.69) is 59.1 Å². The van der Waals surface area contributed by atoms with Crippen LogP contribution in [0.4, 0.5) is 11.4 Å². The normalized spacial score (nSPS) is 10.5. The molecule has 2 N–H and O–H groups in total. The van der Waals surface area contributed by atoms with Crippen molar-refractivity contribution >= 4 is 27.3 Å². The second-order valence-corrected chi connectivity index (χ2v) is 5.64. The van der Waals surface area contributed by atoms with E-state index in [4.69, 9.17) is 5.73 Å². The van der Waals surface area contributed by atoms with Gasteiger partial charge in [-0.3, -0.25) is 0 Å². The summed E-state index contributed by atoms with van der Waals surface area (Å²) in [4.78, 5) is 2.17. The lowest BCUT2D eigenvalue weighted by Crippen LogP contribution is -2.17. The van der Waals surface area contributed by atoms with Gasteiger partial charge < -0.3 is 10.6 Å². The lowest BCUT2D eigenvalue weighted by molar-refractivity contribution is 0.922. The molecular weight excluding hydrogens is 300 g/mol. The third kappa shape index (κ3) is 3.51. The number of nitrogen functional groups attached to an aromatic ring is 1. The van der Waals surface area contributed by atoms with Gasteiger partial charge in [-0.1, -0.05) is 47.1 Å². The Morgan fingerprint density at radius 2 is 1.68 bits per heavy atom. The topological polar surface area (TPSA) is 29.3 Å². The molecule has 0 aliphatic heterocycles. The second kappa shape index (κ2) is 6.11. The largest absolute Gasteiger partial charge is 0.397 e. The van der Waals surface area contributed by atoms with E-state index in [1.807, 2.05) is 18.2 Å². The number of benzene rings is 2. The zero-order valence-corrected chi connectivity index (χ0v) is 12.9. The lowest BCUT2D eigenvalue weighted by Gasteiger charge is -2.21. The first-order valence-corrected chi connectivity index (χ1v) is 7.23. The number of hydrogen-bond donors (Lipinski definition) is 1. The summed E-state index contributed by atoms with van der Waals surface area (Å²) in [5.41, 5.74) is 10.6. The molecule has 2 aromatic rings. The minimum Gasteiger partial charge on any atom is -0.397 e. The van der Waals surface area contributed by atoms with Crippen molar-refractivity contribution in [2.75, 3.05) is 17.7 Å². The molecule has 100 valence electrons. The molecule has 0 aliphatic carbocycles. The van der Waals surface area contributed by atoms with Gasteiger partial charge in [0.2, 0.25) is 0 Å². The van der Waals surface area contributed by atoms with Crippen molar-refractivity contribution in [3.8, 4) is 0 Å². The van der Waals surface area contributed by atoms with Crippen LogP contribution in [-0.4, -0.2) is 7.05 Å². The Bertz CT molecular complexity index is 549. The fraction of sp³-hybridized carbons (Fsp3) is 0.250. The van der Waals surface area contributed by atoms with Crippen LogP contribution < -0.4 is 10.6 Å². The molecule has 0 saturated heterocycles. The van der Waals surface area contributed by atoms with Gasteiger partial charge >= 0.3 is 0 Å². The Hall–Kier alpha value is -1.48. The van der Waals surface area contributed by atoms with Gasteiger partial charge in [0.1, 0.15) is 0 Å².